The van der Waals surface area contributed by atoms with Crippen molar-refractivity contribution in [3.05, 3.63) is 0 Å². The van der Waals surface area contributed by atoms with Gasteiger partial charge in [0, 0.05) is 0 Å². The zero-order valence-electron chi connectivity index (χ0n) is 14.7. The lowest BCUT2D eigenvalue weighted by atomic mass is 9.60. The second-order valence-corrected chi connectivity index (χ2v) is 8.34. The maximum absolute atomic E-state index is 2.52. The molecule has 0 aromatic carbocycles. The third-order valence-corrected chi connectivity index (χ3v) is 6.64. The first-order chi connectivity index (χ1) is 8.77. The van der Waals surface area contributed by atoms with Gasteiger partial charge < -0.3 is 0 Å². The predicted octanol–water partition coefficient (Wildman–Crippen LogP) is 6.69. The van der Waals surface area contributed by atoms with Crippen LogP contribution >= 0.6 is 0 Å². The smallest absolute Gasteiger partial charge is 0.0300 e. The number of hydrogen-bond acceptors (Lipinski definition) is 0. The molecule has 19 heavy (non-hydrogen) atoms. The van der Waals surface area contributed by atoms with Gasteiger partial charge in [0.1, 0.15) is 0 Å². The summed E-state index contributed by atoms with van der Waals surface area (Å²) in [7, 11) is 0. The van der Waals surface area contributed by atoms with Crippen molar-refractivity contribution >= 4 is 0 Å². The minimum Gasteiger partial charge on any atom is -0.0654 e. The molecule has 0 heteroatoms. The van der Waals surface area contributed by atoms with Gasteiger partial charge in [-0.3, -0.25) is 0 Å². The van der Waals surface area contributed by atoms with E-state index in [-0.39, 0.29) is 0 Å². The average Bonchev–Trinajstić information content (AvgIpc) is 2.24. The Labute approximate surface area is 122 Å². The van der Waals surface area contributed by atoms with Gasteiger partial charge in [-0.25, -0.2) is 0 Å². The normalized spacial score (nSPS) is 23.5. The van der Waals surface area contributed by atoms with E-state index in [0.29, 0.717) is 10.8 Å². The fraction of sp³-hybridized carbons (Fsp3) is 1.00. The van der Waals surface area contributed by atoms with Crippen LogP contribution in [0.15, 0.2) is 0 Å². The SMILES string of the molecule is CCCC(C)(CC)C(C)C(C)CC(C)(C)C1CCC1. The molecule has 0 heterocycles. The first-order valence-corrected chi connectivity index (χ1v) is 8.77. The quantitative estimate of drug-likeness (QED) is 0.459. The summed E-state index contributed by atoms with van der Waals surface area (Å²) < 4.78 is 0. The molecule has 0 radical (unpaired) electrons. The van der Waals surface area contributed by atoms with Crippen LogP contribution in [-0.2, 0) is 0 Å². The summed E-state index contributed by atoms with van der Waals surface area (Å²) in [6.45, 7) is 17.3. The minimum atomic E-state index is 0.545. The van der Waals surface area contributed by atoms with E-state index >= 15 is 0 Å². The Morgan fingerprint density at radius 1 is 1.05 bits per heavy atom. The Morgan fingerprint density at radius 3 is 2.00 bits per heavy atom. The molecule has 3 unspecified atom stereocenters. The molecule has 1 aliphatic carbocycles. The highest BCUT2D eigenvalue weighted by Crippen LogP contribution is 2.49. The topological polar surface area (TPSA) is 0 Å². The molecule has 1 rings (SSSR count). The van der Waals surface area contributed by atoms with E-state index in [1.165, 1.54) is 44.9 Å². The molecule has 0 nitrogen and oxygen atoms in total. The van der Waals surface area contributed by atoms with Crippen molar-refractivity contribution in [1.82, 2.24) is 0 Å². The molecule has 0 spiro atoms. The van der Waals surface area contributed by atoms with Gasteiger partial charge in [-0.05, 0) is 54.3 Å². The highest BCUT2D eigenvalue weighted by Gasteiger charge is 2.38. The van der Waals surface area contributed by atoms with Gasteiger partial charge in [0.15, 0.2) is 0 Å². The highest BCUT2D eigenvalue weighted by atomic mass is 14.4. The summed E-state index contributed by atoms with van der Waals surface area (Å²) in [4.78, 5) is 0. The van der Waals surface area contributed by atoms with Gasteiger partial charge in [-0.2, -0.15) is 0 Å². The van der Waals surface area contributed by atoms with Crippen molar-refractivity contribution < 1.29 is 0 Å². The van der Waals surface area contributed by atoms with Crippen LogP contribution in [0, 0.1) is 28.6 Å². The minimum absolute atomic E-state index is 0.545. The third kappa shape index (κ3) is 3.99. The lowest BCUT2D eigenvalue weighted by molar-refractivity contribution is 0.0479. The monoisotopic (exact) mass is 266 g/mol. The van der Waals surface area contributed by atoms with Crippen LogP contribution in [-0.4, -0.2) is 0 Å². The lowest BCUT2D eigenvalue weighted by Gasteiger charge is -2.45. The van der Waals surface area contributed by atoms with Crippen LogP contribution in [0.4, 0.5) is 0 Å². The van der Waals surface area contributed by atoms with Crippen molar-refractivity contribution in [3.8, 4) is 0 Å². The van der Waals surface area contributed by atoms with Crippen LogP contribution in [0.5, 0.6) is 0 Å². The van der Waals surface area contributed by atoms with Gasteiger partial charge in [-0.15, -0.1) is 0 Å². The summed E-state index contributed by atoms with van der Waals surface area (Å²) in [5.74, 6) is 2.70. The fourth-order valence-corrected chi connectivity index (χ4v) is 4.35. The molecule has 0 aromatic rings. The van der Waals surface area contributed by atoms with Crippen LogP contribution < -0.4 is 0 Å². The van der Waals surface area contributed by atoms with E-state index in [2.05, 4.69) is 48.5 Å². The van der Waals surface area contributed by atoms with Gasteiger partial charge in [-0.1, -0.05) is 67.7 Å². The standard InChI is InChI=1S/C19H38/c1-8-13-19(7,9-2)16(4)15(3)14-18(5,6)17-11-10-12-17/h15-17H,8-14H2,1-7H3. The molecule has 114 valence electrons. The molecule has 0 aromatic heterocycles. The van der Waals surface area contributed by atoms with Crippen molar-refractivity contribution in [1.29, 1.82) is 0 Å². The largest absolute Gasteiger partial charge is 0.0654 e. The van der Waals surface area contributed by atoms with Crippen LogP contribution in [0.1, 0.15) is 93.4 Å². The zero-order valence-corrected chi connectivity index (χ0v) is 14.7. The second-order valence-electron chi connectivity index (χ2n) is 8.34. The Bertz CT molecular complexity index is 261. The third-order valence-electron chi connectivity index (χ3n) is 6.64. The van der Waals surface area contributed by atoms with E-state index in [1.807, 2.05) is 0 Å². The molecule has 3 atom stereocenters. The van der Waals surface area contributed by atoms with Crippen LogP contribution in [0.2, 0.25) is 0 Å². The van der Waals surface area contributed by atoms with Crippen LogP contribution in [0.3, 0.4) is 0 Å². The summed E-state index contributed by atoms with van der Waals surface area (Å²) in [5.41, 5.74) is 1.11. The summed E-state index contributed by atoms with van der Waals surface area (Å²) in [6, 6.07) is 0. The maximum atomic E-state index is 2.52. The van der Waals surface area contributed by atoms with Crippen molar-refractivity contribution in [2.24, 2.45) is 28.6 Å². The molecule has 1 fully saturated rings. The Morgan fingerprint density at radius 2 is 1.63 bits per heavy atom. The maximum Gasteiger partial charge on any atom is -0.0300 e. The van der Waals surface area contributed by atoms with Gasteiger partial charge >= 0.3 is 0 Å². The van der Waals surface area contributed by atoms with Crippen molar-refractivity contribution in [2.75, 3.05) is 0 Å². The van der Waals surface area contributed by atoms with E-state index in [4.69, 9.17) is 0 Å². The van der Waals surface area contributed by atoms with E-state index < -0.39 is 0 Å². The highest BCUT2D eigenvalue weighted by molar-refractivity contribution is 4.89. The molecular formula is C19H38. The van der Waals surface area contributed by atoms with Crippen LogP contribution in [0.25, 0.3) is 0 Å². The van der Waals surface area contributed by atoms with Crippen molar-refractivity contribution in [2.45, 2.75) is 93.4 Å². The molecular weight excluding hydrogens is 228 g/mol. The van der Waals surface area contributed by atoms with Gasteiger partial charge in [0.25, 0.3) is 0 Å². The summed E-state index contributed by atoms with van der Waals surface area (Å²) in [6.07, 6.45) is 9.89. The Balaban J connectivity index is 2.62. The average molecular weight is 267 g/mol. The molecule has 1 saturated carbocycles. The predicted molar refractivity (Wildman–Crippen MR) is 87.4 cm³/mol. The number of rotatable bonds is 8. The molecule has 0 N–H and O–H groups in total. The molecule has 0 bridgehead atoms. The fourth-order valence-electron chi connectivity index (χ4n) is 4.35. The summed E-state index contributed by atoms with van der Waals surface area (Å²) in [5, 5.41) is 0. The van der Waals surface area contributed by atoms with Gasteiger partial charge in [0.05, 0.1) is 0 Å². The Hall–Kier alpha value is 0. The molecule has 0 saturated heterocycles. The van der Waals surface area contributed by atoms with Crippen molar-refractivity contribution in [3.63, 3.8) is 0 Å². The summed E-state index contributed by atoms with van der Waals surface area (Å²) >= 11 is 0. The first kappa shape index (κ1) is 17.1. The van der Waals surface area contributed by atoms with E-state index in [1.54, 1.807) is 0 Å². The number of hydrogen-bond donors (Lipinski definition) is 0. The molecule has 1 aliphatic rings. The lowest BCUT2D eigenvalue weighted by Crippen LogP contribution is -2.36. The van der Waals surface area contributed by atoms with E-state index in [0.717, 1.165) is 17.8 Å². The first-order valence-electron chi connectivity index (χ1n) is 8.77. The second kappa shape index (κ2) is 6.64. The molecule has 0 amide bonds. The van der Waals surface area contributed by atoms with Gasteiger partial charge in [0.2, 0.25) is 0 Å². The Kier molecular flexibility index (Phi) is 5.96. The van der Waals surface area contributed by atoms with E-state index in [9.17, 15) is 0 Å². The molecule has 0 aliphatic heterocycles. The zero-order chi connectivity index (χ0) is 14.7.